The summed E-state index contributed by atoms with van der Waals surface area (Å²) in [6.45, 7) is 5.78. The number of carboxylic acid groups (broad SMARTS) is 1. The predicted octanol–water partition coefficient (Wildman–Crippen LogP) is 1.55. The molecule has 0 radical (unpaired) electrons. The van der Waals surface area contributed by atoms with Gasteiger partial charge in [-0.05, 0) is 32.0 Å². The Morgan fingerprint density at radius 3 is 3.22 bits per heavy atom. The van der Waals surface area contributed by atoms with Crippen molar-refractivity contribution in [3.8, 4) is 0 Å². The molecule has 1 fully saturated rings. The molecule has 1 aliphatic rings. The van der Waals surface area contributed by atoms with E-state index in [4.69, 9.17) is 9.52 Å². The number of nitrogens with one attached hydrogen (secondary N) is 1. The van der Waals surface area contributed by atoms with Crippen LogP contribution in [0, 0.1) is 0 Å². The van der Waals surface area contributed by atoms with Crippen molar-refractivity contribution in [2.75, 3.05) is 19.6 Å². The Bertz CT molecular complexity index is 403. The van der Waals surface area contributed by atoms with E-state index in [-0.39, 0.29) is 5.56 Å². The lowest BCUT2D eigenvalue weighted by atomic mass is 10.2. The van der Waals surface area contributed by atoms with Crippen LogP contribution in [0.4, 0.5) is 0 Å². The first kappa shape index (κ1) is 13.1. The first-order chi connectivity index (χ1) is 8.72. The van der Waals surface area contributed by atoms with Crippen LogP contribution >= 0.6 is 0 Å². The van der Waals surface area contributed by atoms with Crippen molar-refractivity contribution in [3.05, 3.63) is 23.7 Å². The molecule has 0 spiro atoms. The molecular weight excluding hydrogens is 232 g/mol. The second-order valence-electron chi connectivity index (χ2n) is 4.62. The zero-order valence-corrected chi connectivity index (χ0v) is 10.7. The van der Waals surface area contributed by atoms with Gasteiger partial charge in [-0.25, -0.2) is 4.79 Å². The highest BCUT2D eigenvalue weighted by molar-refractivity contribution is 5.88. The Kier molecular flexibility index (Phi) is 4.38. The molecule has 5 nitrogen and oxygen atoms in total. The zero-order valence-electron chi connectivity index (χ0n) is 10.7. The van der Waals surface area contributed by atoms with E-state index in [1.807, 2.05) is 0 Å². The van der Waals surface area contributed by atoms with E-state index in [0.29, 0.717) is 18.3 Å². The van der Waals surface area contributed by atoms with E-state index < -0.39 is 5.97 Å². The Labute approximate surface area is 107 Å². The molecule has 1 aromatic heterocycles. The average Bonchev–Trinajstić information content (AvgIpc) is 2.97. The number of furan rings is 1. The summed E-state index contributed by atoms with van der Waals surface area (Å²) in [5.41, 5.74) is 0.251. The monoisotopic (exact) mass is 252 g/mol. The van der Waals surface area contributed by atoms with Crippen LogP contribution in [0.1, 0.15) is 35.9 Å². The molecule has 18 heavy (non-hydrogen) atoms. The molecule has 1 atom stereocenters. The molecule has 1 aliphatic heterocycles. The third-order valence-corrected chi connectivity index (χ3v) is 3.55. The summed E-state index contributed by atoms with van der Waals surface area (Å²) in [5.74, 6) is -0.430. The van der Waals surface area contributed by atoms with E-state index in [1.165, 1.54) is 31.7 Å². The van der Waals surface area contributed by atoms with Crippen molar-refractivity contribution >= 4 is 5.97 Å². The molecule has 2 N–H and O–H groups in total. The zero-order chi connectivity index (χ0) is 13.0. The van der Waals surface area contributed by atoms with Gasteiger partial charge in [0.2, 0.25) is 0 Å². The van der Waals surface area contributed by atoms with Gasteiger partial charge < -0.3 is 14.8 Å². The van der Waals surface area contributed by atoms with Gasteiger partial charge >= 0.3 is 5.97 Å². The Morgan fingerprint density at radius 1 is 1.67 bits per heavy atom. The van der Waals surface area contributed by atoms with E-state index in [9.17, 15) is 4.79 Å². The predicted molar refractivity (Wildman–Crippen MR) is 67.6 cm³/mol. The third kappa shape index (κ3) is 2.91. The van der Waals surface area contributed by atoms with Gasteiger partial charge in [-0.3, -0.25) is 4.90 Å². The second kappa shape index (κ2) is 6.02. The maximum absolute atomic E-state index is 10.9. The summed E-state index contributed by atoms with van der Waals surface area (Å²) in [4.78, 5) is 13.4. The van der Waals surface area contributed by atoms with Gasteiger partial charge in [-0.1, -0.05) is 6.92 Å². The van der Waals surface area contributed by atoms with Crippen LogP contribution in [0.5, 0.6) is 0 Å². The van der Waals surface area contributed by atoms with Crippen LogP contribution in [0.3, 0.4) is 0 Å². The van der Waals surface area contributed by atoms with E-state index in [0.717, 1.165) is 13.1 Å². The molecule has 2 heterocycles. The fraction of sp³-hybridized carbons (Fsp3) is 0.615. The first-order valence-corrected chi connectivity index (χ1v) is 6.46. The number of hydrogen-bond acceptors (Lipinski definition) is 4. The van der Waals surface area contributed by atoms with Crippen LogP contribution in [0.25, 0.3) is 0 Å². The molecule has 1 unspecified atom stereocenters. The smallest absolute Gasteiger partial charge is 0.339 e. The number of rotatable bonds is 6. The average molecular weight is 252 g/mol. The molecule has 0 bridgehead atoms. The number of hydrogen-bond donors (Lipinski definition) is 2. The minimum Gasteiger partial charge on any atom is -0.478 e. The summed E-state index contributed by atoms with van der Waals surface area (Å²) in [6, 6.07) is 2.06. The lowest BCUT2D eigenvalue weighted by Gasteiger charge is -2.22. The first-order valence-electron chi connectivity index (χ1n) is 6.46. The SMILES string of the molecule is CCN1CCCC1CNCc1occc1C(=O)O. The normalized spacial score (nSPS) is 20.4. The molecule has 0 aliphatic carbocycles. The molecule has 0 saturated carbocycles. The largest absolute Gasteiger partial charge is 0.478 e. The number of carbonyl (C=O) groups is 1. The molecule has 2 rings (SSSR count). The second-order valence-corrected chi connectivity index (χ2v) is 4.62. The maximum atomic E-state index is 10.9. The van der Waals surface area contributed by atoms with Gasteiger partial charge in [0.05, 0.1) is 12.8 Å². The molecule has 5 heteroatoms. The molecular formula is C13H20N2O3. The van der Waals surface area contributed by atoms with Crippen LogP contribution in [-0.4, -0.2) is 41.7 Å². The van der Waals surface area contributed by atoms with Crippen LogP contribution < -0.4 is 5.32 Å². The van der Waals surface area contributed by atoms with Crippen LogP contribution in [-0.2, 0) is 6.54 Å². The van der Waals surface area contributed by atoms with E-state index >= 15 is 0 Å². The fourth-order valence-electron chi connectivity index (χ4n) is 2.56. The quantitative estimate of drug-likeness (QED) is 0.804. The fourth-order valence-corrected chi connectivity index (χ4v) is 2.56. The third-order valence-electron chi connectivity index (χ3n) is 3.55. The summed E-state index contributed by atoms with van der Waals surface area (Å²) in [6.07, 6.45) is 3.89. The van der Waals surface area contributed by atoms with Gasteiger partial charge in [0.1, 0.15) is 11.3 Å². The Hall–Kier alpha value is -1.33. The summed E-state index contributed by atoms with van der Waals surface area (Å²) in [5, 5.41) is 12.2. The van der Waals surface area contributed by atoms with Crippen molar-refractivity contribution in [2.45, 2.75) is 32.4 Å². The lowest BCUT2D eigenvalue weighted by molar-refractivity contribution is 0.0694. The van der Waals surface area contributed by atoms with Gasteiger partial charge in [0, 0.05) is 12.6 Å². The van der Waals surface area contributed by atoms with Crippen molar-refractivity contribution in [3.63, 3.8) is 0 Å². The number of aromatic carboxylic acids is 1. The summed E-state index contributed by atoms with van der Waals surface area (Å²) < 4.78 is 5.19. The molecule has 0 aromatic carbocycles. The van der Waals surface area contributed by atoms with Crippen molar-refractivity contribution in [1.29, 1.82) is 0 Å². The molecule has 1 saturated heterocycles. The number of nitrogens with zero attached hydrogens (tertiary/aromatic N) is 1. The van der Waals surface area contributed by atoms with E-state index in [2.05, 4.69) is 17.1 Å². The number of carboxylic acids is 1. The molecule has 0 amide bonds. The van der Waals surface area contributed by atoms with Crippen molar-refractivity contribution in [1.82, 2.24) is 10.2 Å². The van der Waals surface area contributed by atoms with Gasteiger partial charge in [0.15, 0.2) is 0 Å². The lowest BCUT2D eigenvalue weighted by Crippen LogP contribution is -2.37. The Balaban J connectivity index is 1.81. The summed E-state index contributed by atoms with van der Waals surface area (Å²) >= 11 is 0. The van der Waals surface area contributed by atoms with Crippen LogP contribution in [0.2, 0.25) is 0 Å². The standard InChI is InChI=1S/C13H20N2O3/c1-2-15-6-3-4-10(15)8-14-9-12-11(13(16)17)5-7-18-12/h5,7,10,14H,2-4,6,8-9H2,1H3,(H,16,17). The summed E-state index contributed by atoms with van der Waals surface area (Å²) in [7, 11) is 0. The number of likely N-dealkylation sites (N-methyl/N-ethyl adjacent to an activating group) is 1. The topological polar surface area (TPSA) is 65.7 Å². The van der Waals surface area contributed by atoms with Crippen molar-refractivity contribution in [2.24, 2.45) is 0 Å². The number of likely N-dealkylation sites (tertiary alicyclic amines) is 1. The molecule has 1 aromatic rings. The maximum Gasteiger partial charge on any atom is 0.339 e. The van der Waals surface area contributed by atoms with Gasteiger partial charge in [-0.15, -0.1) is 0 Å². The highest BCUT2D eigenvalue weighted by Crippen LogP contribution is 2.16. The highest BCUT2D eigenvalue weighted by Gasteiger charge is 2.22. The molecule has 100 valence electrons. The van der Waals surface area contributed by atoms with Gasteiger partial charge in [0.25, 0.3) is 0 Å². The van der Waals surface area contributed by atoms with E-state index in [1.54, 1.807) is 0 Å². The minimum absolute atomic E-state index is 0.251. The Morgan fingerprint density at radius 2 is 2.50 bits per heavy atom. The van der Waals surface area contributed by atoms with Crippen molar-refractivity contribution < 1.29 is 14.3 Å². The van der Waals surface area contributed by atoms with Crippen LogP contribution in [0.15, 0.2) is 16.7 Å². The highest BCUT2D eigenvalue weighted by atomic mass is 16.4. The minimum atomic E-state index is -0.934. The van der Waals surface area contributed by atoms with Gasteiger partial charge in [-0.2, -0.15) is 0 Å².